The van der Waals surface area contributed by atoms with Gasteiger partial charge in [-0.15, -0.1) is 0 Å². The molecule has 1 amide bonds. The monoisotopic (exact) mass is 629 g/mol. The van der Waals surface area contributed by atoms with Crippen LogP contribution < -0.4 is 5.32 Å². The zero-order chi connectivity index (χ0) is 28.2. The van der Waals surface area contributed by atoms with Crippen LogP contribution in [-0.4, -0.2) is 51.0 Å². The molecule has 0 saturated carbocycles. The molecule has 1 aliphatic heterocycles. The van der Waals surface area contributed by atoms with Crippen LogP contribution >= 0.6 is 34.8 Å². The van der Waals surface area contributed by atoms with Crippen LogP contribution in [0.25, 0.3) is 0 Å². The van der Waals surface area contributed by atoms with Crippen LogP contribution in [0.5, 0.6) is 0 Å². The molecule has 0 spiro atoms. The van der Waals surface area contributed by atoms with Crippen molar-refractivity contribution in [2.45, 2.75) is 35.7 Å². The quantitative estimate of drug-likeness (QED) is 0.342. The molecule has 39 heavy (non-hydrogen) atoms. The van der Waals surface area contributed by atoms with E-state index in [1.807, 2.05) is 0 Å². The molecule has 208 valence electrons. The molecule has 1 N–H and O–H groups in total. The van der Waals surface area contributed by atoms with E-state index in [-0.39, 0.29) is 32.9 Å². The highest BCUT2D eigenvalue weighted by atomic mass is 35.5. The number of benzene rings is 3. The lowest BCUT2D eigenvalue weighted by Crippen LogP contribution is -2.40. The van der Waals surface area contributed by atoms with Gasteiger partial charge in [-0.25, -0.2) is 16.8 Å². The molecular weight excluding hydrogens is 605 g/mol. The Morgan fingerprint density at radius 1 is 0.821 bits per heavy atom. The molecule has 1 heterocycles. The van der Waals surface area contributed by atoms with E-state index in [1.54, 1.807) is 30.3 Å². The van der Waals surface area contributed by atoms with Gasteiger partial charge in [0.1, 0.15) is 0 Å². The summed E-state index contributed by atoms with van der Waals surface area (Å²) in [5, 5.41) is 3.60. The maximum absolute atomic E-state index is 13.5. The maximum Gasteiger partial charge on any atom is 0.243 e. The minimum atomic E-state index is -4.13. The summed E-state index contributed by atoms with van der Waals surface area (Å²) in [6.07, 6.45) is 1.69. The van der Waals surface area contributed by atoms with Crippen molar-refractivity contribution in [2.24, 2.45) is 0 Å². The number of hydrogen-bond acceptors (Lipinski definition) is 5. The average molecular weight is 631 g/mol. The van der Waals surface area contributed by atoms with E-state index < -0.39 is 32.5 Å². The summed E-state index contributed by atoms with van der Waals surface area (Å²) in [7, 11) is -7.67. The molecule has 1 saturated heterocycles. The van der Waals surface area contributed by atoms with Crippen molar-refractivity contribution in [3.63, 3.8) is 0 Å². The maximum atomic E-state index is 13.5. The first-order valence-corrected chi connectivity index (χ1v) is 16.0. The third kappa shape index (κ3) is 7.13. The van der Waals surface area contributed by atoms with Crippen molar-refractivity contribution in [1.29, 1.82) is 0 Å². The van der Waals surface area contributed by atoms with Crippen LogP contribution in [0.1, 0.15) is 24.0 Å². The topological polar surface area (TPSA) is 104 Å². The summed E-state index contributed by atoms with van der Waals surface area (Å²) < 4.78 is 54.9. The molecule has 0 aliphatic carbocycles. The van der Waals surface area contributed by atoms with E-state index in [4.69, 9.17) is 34.8 Å². The Kier molecular flexibility index (Phi) is 9.59. The van der Waals surface area contributed by atoms with Gasteiger partial charge in [0.2, 0.25) is 26.0 Å². The van der Waals surface area contributed by atoms with Crippen molar-refractivity contribution in [3.05, 3.63) is 92.9 Å². The van der Waals surface area contributed by atoms with Gasteiger partial charge in [-0.05, 0) is 66.9 Å². The van der Waals surface area contributed by atoms with Crippen LogP contribution in [0.15, 0.2) is 76.5 Å². The smallest absolute Gasteiger partial charge is 0.243 e. The van der Waals surface area contributed by atoms with Crippen LogP contribution in [0, 0.1) is 0 Å². The number of sulfonamides is 2. The third-order valence-corrected chi connectivity index (χ3v) is 11.0. The van der Waals surface area contributed by atoms with Crippen molar-refractivity contribution >= 4 is 60.8 Å². The number of carbonyl (C=O) groups is 1. The number of nitrogens with one attached hydrogen (secondary N) is 1. The molecule has 0 bridgehead atoms. The van der Waals surface area contributed by atoms with Gasteiger partial charge < -0.3 is 5.32 Å². The summed E-state index contributed by atoms with van der Waals surface area (Å²) in [6, 6.07) is 16.7. The molecule has 0 atom stereocenters. The molecule has 1 fully saturated rings. The van der Waals surface area contributed by atoms with E-state index >= 15 is 0 Å². The molecule has 0 radical (unpaired) electrons. The fraction of sp³-hybridized carbons (Fsp3) is 0.269. The second kappa shape index (κ2) is 12.6. The number of hydrogen-bond donors (Lipinski definition) is 1. The molecule has 13 heteroatoms. The van der Waals surface area contributed by atoms with E-state index in [1.165, 1.54) is 40.7 Å². The minimum absolute atomic E-state index is 0.0438. The standard InChI is InChI=1S/C26H26Cl3N3O5S2/c27-20-8-12-22(13-9-20)39(36,37)32(17-23-24(28)4-3-5-25(23)29)18-26(33)30-16-19-6-10-21(11-7-19)38(34,35)31-14-1-2-15-31/h3-13H,1-2,14-18H2,(H,30,33). The molecule has 1 aliphatic rings. The first kappa shape index (κ1) is 29.8. The number of halogens is 3. The Labute approximate surface area is 243 Å². The van der Waals surface area contributed by atoms with E-state index in [0.717, 1.165) is 17.1 Å². The second-order valence-electron chi connectivity index (χ2n) is 8.96. The summed E-state index contributed by atoms with van der Waals surface area (Å²) in [6.45, 7) is 0.350. The van der Waals surface area contributed by atoms with Crippen molar-refractivity contribution in [1.82, 2.24) is 13.9 Å². The number of rotatable bonds is 10. The lowest BCUT2D eigenvalue weighted by Gasteiger charge is -2.23. The third-order valence-electron chi connectivity index (χ3n) is 6.28. The largest absolute Gasteiger partial charge is 0.351 e. The predicted molar refractivity (Wildman–Crippen MR) is 152 cm³/mol. The van der Waals surface area contributed by atoms with Crippen molar-refractivity contribution < 1.29 is 21.6 Å². The molecule has 3 aromatic carbocycles. The highest BCUT2D eigenvalue weighted by Crippen LogP contribution is 2.28. The SMILES string of the molecule is O=C(CN(Cc1c(Cl)cccc1Cl)S(=O)(=O)c1ccc(Cl)cc1)NCc1ccc(S(=O)(=O)N2CCCC2)cc1. The van der Waals surface area contributed by atoms with E-state index in [9.17, 15) is 21.6 Å². The van der Waals surface area contributed by atoms with Gasteiger partial charge in [0, 0.05) is 46.8 Å². The molecule has 8 nitrogen and oxygen atoms in total. The number of amides is 1. The average Bonchev–Trinajstić information content (AvgIpc) is 3.46. The Hall–Kier alpha value is -2.18. The molecule has 0 aromatic heterocycles. The predicted octanol–water partition coefficient (Wildman–Crippen LogP) is 4.94. The molecule has 3 aromatic rings. The van der Waals surface area contributed by atoms with Gasteiger partial charge in [-0.2, -0.15) is 8.61 Å². The zero-order valence-corrected chi connectivity index (χ0v) is 24.6. The summed E-state index contributed by atoms with van der Waals surface area (Å²) >= 11 is 18.5. The second-order valence-corrected chi connectivity index (χ2v) is 14.1. The Balaban J connectivity index is 1.49. The van der Waals surface area contributed by atoms with Crippen molar-refractivity contribution in [2.75, 3.05) is 19.6 Å². The Morgan fingerprint density at radius 3 is 1.97 bits per heavy atom. The van der Waals surface area contributed by atoms with Gasteiger partial charge in [0.05, 0.1) is 16.3 Å². The van der Waals surface area contributed by atoms with Crippen LogP contribution in [-0.2, 0) is 37.9 Å². The van der Waals surface area contributed by atoms with Gasteiger partial charge in [-0.1, -0.05) is 53.0 Å². The van der Waals surface area contributed by atoms with E-state index in [0.29, 0.717) is 29.2 Å². The highest BCUT2D eigenvalue weighted by Gasteiger charge is 2.29. The van der Waals surface area contributed by atoms with Gasteiger partial charge in [0.15, 0.2) is 0 Å². The highest BCUT2D eigenvalue weighted by molar-refractivity contribution is 7.89. The first-order valence-electron chi connectivity index (χ1n) is 12.0. The lowest BCUT2D eigenvalue weighted by atomic mass is 10.2. The zero-order valence-electron chi connectivity index (χ0n) is 20.7. The lowest BCUT2D eigenvalue weighted by molar-refractivity contribution is -0.121. The summed E-state index contributed by atoms with van der Waals surface area (Å²) in [5.41, 5.74) is 1.02. The number of nitrogens with zero attached hydrogens (tertiary/aromatic N) is 2. The summed E-state index contributed by atoms with van der Waals surface area (Å²) in [4.78, 5) is 13.1. The van der Waals surface area contributed by atoms with Gasteiger partial charge >= 0.3 is 0 Å². The Morgan fingerprint density at radius 2 is 1.38 bits per heavy atom. The van der Waals surface area contributed by atoms with Gasteiger partial charge in [-0.3, -0.25) is 4.79 Å². The summed E-state index contributed by atoms with van der Waals surface area (Å²) in [5.74, 6) is -0.565. The fourth-order valence-electron chi connectivity index (χ4n) is 4.11. The molecule has 4 rings (SSSR count). The Bertz CT molecular complexity index is 1520. The van der Waals surface area contributed by atoms with Crippen molar-refractivity contribution in [3.8, 4) is 0 Å². The molecule has 0 unspecified atom stereocenters. The van der Waals surface area contributed by atoms with E-state index in [2.05, 4.69) is 5.32 Å². The minimum Gasteiger partial charge on any atom is -0.351 e. The van der Waals surface area contributed by atoms with Crippen LogP contribution in [0.2, 0.25) is 15.1 Å². The first-order chi connectivity index (χ1) is 18.5. The van der Waals surface area contributed by atoms with Gasteiger partial charge in [0.25, 0.3) is 0 Å². The number of carbonyl (C=O) groups excluding carboxylic acids is 1. The van der Waals surface area contributed by atoms with Crippen LogP contribution in [0.4, 0.5) is 0 Å². The molecular formula is C26H26Cl3N3O5S2. The van der Waals surface area contributed by atoms with Crippen LogP contribution in [0.3, 0.4) is 0 Å². The normalized spacial score (nSPS) is 14.6. The fourth-order valence-corrected chi connectivity index (χ4v) is 7.64.